The molecule has 1 atom stereocenters. The second kappa shape index (κ2) is 8.90. The maximum atomic E-state index is 9.93. The molecule has 4 heteroatoms. The Morgan fingerprint density at radius 2 is 1.95 bits per heavy atom. The van der Waals surface area contributed by atoms with Crippen molar-refractivity contribution in [1.29, 1.82) is 0 Å². The van der Waals surface area contributed by atoms with E-state index in [0.29, 0.717) is 19.3 Å². The average Bonchev–Trinajstić information content (AvgIpc) is 3.03. The molecule has 0 heterocycles. The molecule has 0 bridgehead atoms. The minimum Gasteiger partial charge on any atom is -0.494 e. The summed E-state index contributed by atoms with van der Waals surface area (Å²) in [7, 11) is 0. The number of hydrogen-bond donors (Lipinski definition) is 2. The van der Waals surface area contributed by atoms with Gasteiger partial charge in [0.05, 0.1) is 25.4 Å². The third-order valence-electron chi connectivity index (χ3n) is 3.70. The van der Waals surface area contributed by atoms with Gasteiger partial charge in [-0.15, -0.1) is 0 Å². The fraction of sp³-hybridized carbons (Fsp3) is 0.647. The van der Waals surface area contributed by atoms with Crippen LogP contribution in [0.25, 0.3) is 0 Å². The first-order valence-corrected chi connectivity index (χ1v) is 8.04. The lowest BCUT2D eigenvalue weighted by Crippen LogP contribution is -2.27. The van der Waals surface area contributed by atoms with Crippen LogP contribution in [0.15, 0.2) is 24.3 Å². The number of hydrogen-bond acceptors (Lipinski definition) is 4. The summed E-state index contributed by atoms with van der Waals surface area (Å²) in [5.74, 6) is 0.882. The van der Waals surface area contributed by atoms with Crippen LogP contribution in [0.5, 0.6) is 5.75 Å². The van der Waals surface area contributed by atoms with Crippen molar-refractivity contribution in [2.24, 2.45) is 0 Å². The van der Waals surface area contributed by atoms with Crippen LogP contribution in [0.1, 0.15) is 39.0 Å². The number of benzene rings is 1. The molecule has 4 nitrogen and oxygen atoms in total. The van der Waals surface area contributed by atoms with Crippen molar-refractivity contribution in [2.45, 2.75) is 51.2 Å². The molecular weight excluding hydrogens is 266 g/mol. The SMILES string of the molecule is CCCOc1ccc(NCC(O)COC2CCCC2)cc1. The lowest BCUT2D eigenvalue weighted by Gasteiger charge is -2.16. The first kappa shape index (κ1) is 16.1. The van der Waals surface area contributed by atoms with Crippen LogP contribution in [0, 0.1) is 0 Å². The quantitative estimate of drug-likeness (QED) is 0.734. The van der Waals surface area contributed by atoms with Crippen LogP contribution in [0.4, 0.5) is 5.69 Å². The molecule has 0 spiro atoms. The lowest BCUT2D eigenvalue weighted by atomic mass is 10.2. The zero-order valence-electron chi connectivity index (χ0n) is 12.9. The molecule has 0 aromatic heterocycles. The van der Waals surface area contributed by atoms with Gasteiger partial charge in [0.1, 0.15) is 5.75 Å². The Bertz CT molecular complexity index is 388. The van der Waals surface area contributed by atoms with Crippen LogP contribution in [-0.2, 0) is 4.74 Å². The van der Waals surface area contributed by atoms with Crippen LogP contribution in [0.2, 0.25) is 0 Å². The van der Waals surface area contributed by atoms with Gasteiger partial charge in [-0.05, 0) is 43.5 Å². The van der Waals surface area contributed by atoms with Gasteiger partial charge >= 0.3 is 0 Å². The molecule has 2 N–H and O–H groups in total. The van der Waals surface area contributed by atoms with Crippen LogP contribution in [-0.4, -0.2) is 37.1 Å². The molecule has 1 unspecified atom stereocenters. The number of ether oxygens (including phenoxy) is 2. The predicted molar refractivity (Wildman–Crippen MR) is 84.9 cm³/mol. The summed E-state index contributed by atoms with van der Waals surface area (Å²) in [6.07, 6.45) is 5.68. The maximum Gasteiger partial charge on any atom is 0.119 e. The number of nitrogens with one attached hydrogen (secondary N) is 1. The Morgan fingerprint density at radius 3 is 2.62 bits per heavy atom. The first-order valence-electron chi connectivity index (χ1n) is 8.04. The number of aliphatic hydroxyl groups is 1. The second-order valence-electron chi connectivity index (χ2n) is 5.65. The molecule has 0 amide bonds. The Hall–Kier alpha value is -1.26. The molecule has 2 rings (SSSR count). The molecule has 1 aromatic rings. The Balaban J connectivity index is 1.64. The van der Waals surface area contributed by atoms with E-state index >= 15 is 0 Å². The van der Waals surface area contributed by atoms with Crippen LogP contribution >= 0.6 is 0 Å². The topological polar surface area (TPSA) is 50.7 Å². The molecule has 0 aliphatic heterocycles. The molecule has 118 valence electrons. The largest absolute Gasteiger partial charge is 0.494 e. The smallest absolute Gasteiger partial charge is 0.119 e. The van der Waals surface area contributed by atoms with E-state index in [9.17, 15) is 5.11 Å². The van der Waals surface area contributed by atoms with E-state index in [1.165, 1.54) is 12.8 Å². The van der Waals surface area contributed by atoms with Crippen LogP contribution in [0.3, 0.4) is 0 Å². The van der Waals surface area contributed by atoms with E-state index in [1.54, 1.807) is 0 Å². The van der Waals surface area contributed by atoms with Gasteiger partial charge in [0, 0.05) is 12.2 Å². The highest BCUT2D eigenvalue weighted by molar-refractivity contribution is 5.46. The molecule has 0 radical (unpaired) electrons. The molecule has 1 aromatic carbocycles. The number of anilines is 1. The first-order chi connectivity index (χ1) is 10.3. The molecular formula is C17H27NO3. The second-order valence-corrected chi connectivity index (χ2v) is 5.65. The van der Waals surface area contributed by atoms with E-state index in [1.807, 2.05) is 24.3 Å². The van der Waals surface area contributed by atoms with E-state index in [2.05, 4.69) is 12.2 Å². The summed E-state index contributed by atoms with van der Waals surface area (Å²) < 4.78 is 11.2. The molecule has 1 aliphatic carbocycles. The van der Waals surface area contributed by atoms with Crippen LogP contribution < -0.4 is 10.1 Å². The standard InChI is InChI=1S/C17H27NO3/c1-2-11-20-17-9-7-14(8-10-17)18-12-15(19)13-21-16-5-3-4-6-16/h7-10,15-16,18-19H,2-6,11-13H2,1H3. The molecule has 21 heavy (non-hydrogen) atoms. The Labute approximate surface area is 127 Å². The fourth-order valence-corrected chi connectivity index (χ4v) is 2.49. The van der Waals surface area contributed by atoms with Gasteiger partial charge < -0.3 is 19.9 Å². The van der Waals surface area contributed by atoms with E-state index in [-0.39, 0.29) is 0 Å². The van der Waals surface area contributed by atoms with Gasteiger partial charge in [-0.1, -0.05) is 19.8 Å². The monoisotopic (exact) mass is 293 g/mol. The highest BCUT2D eigenvalue weighted by atomic mass is 16.5. The van der Waals surface area contributed by atoms with Gasteiger partial charge in [-0.2, -0.15) is 0 Å². The van der Waals surface area contributed by atoms with Gasteiger partial charge in [0.2, 0.25) is 0 Å². The molecule has 1 aliphatic rings. The van der Waals surface area contributed by atoms with Gasteiger partial charge in [0.25, 0.3) is 0 Å². The number of rotatable bonds is 9. The fourth-order valence-electron chi connectivity index (χ4n) is 2.49. The molecule has 1 saturated carbocycles. The minimum absolute atomic E-state index is 0.356. The Morgan fingerprint density at radius 1 is 1.24 bits per heavy atom. The minimum atomic E-state index is -0.471. The maximum absolute atomic E-state index is 9.93. The van der Waals surface area contributed by atoms with Gasteiger partial charge in [0.15, 0.2) is 0 Å². The lowest BCUT2D eigenvalue weighted by molar-refractivity contribution is -0.00117. The van der Waals surface area contributed by atoms with E-state index in [0.717, 1.165) is 37.3 Å². The van der Waals surface area contributed by atoms with Gasteiger partial charge in [-0.25, -0.2) is 0 Å². The highest BCUT2D eigenvalue weighted by Gasteiger charge is 2.16. The van der Waals surface area contributed by atoms with E-state index in [4.69, 9.17) is 9.47 Å². The number of aliphatic hydroxyl groups excluding tert-OH is 1. The summed E-state index contributed by atoms with van der Waals surface area (Å²) >= 11 is 0. The van der Waals surface area contributed by atoms with Gasteiger partial charge in [-0.3, -0.25) is 0 Å². The summed E-state index contributed by atoms with van der Waals surface area (Å²) in [4.78, 5) is 0. The highest BCUT2D eigenvalue weighted by Crippen LogP contribution is 2.21. The van der Waals surface area contributed by atoms with Crippen molar-refractivity contribution < 1.29 is 14.6 Å². The van der Waals surface area contributed by atoms with Crippen molar-refractivity contribution in [3.05, 3.63) is 24.3 Å². The third-order valence-corrected chi connectivity index (χ3v) is 3.70. The zero-order valence-corrected chi connectivity index (χ0v) is 12.9. The van der Waals surface area contributed by atoms with E-state index < -0.39 is 6.10 Å². The van der Waals surface area contributed by atoms with Crippen molar-refractivity contribution in [1.82, 2.24) is 0 Å². The average molecular weight is 293 g/mol. The van der Waals surface area contributed by atoms with Crippen molar-refractivity contribution >= 4 is 5.69 Å². The van der Waals surface area contributed by atoms with Crippen molar-refractivity contribution in [2.75, 3.05) is 25.1 Å². The summed E-state index contributed by atoms with van der Waals surface area (Å²) in [5, 5.41) is 13.1. The van der Waals surface area contributed by atoms with Crippen molar-refractivity contribution in [3.63, 3.8) is 0 Å². The summed E-state index contributed by atoms with van der Waals surface area (Å²) in [6.45, 7) is 3.74. The Kier molecular flexibility index (Phi) is 6.83. The molecule has 1 fully saturated rings. The third kappa shape index (κ3) is 5.94. The predicted octanol–water partition coefficient (Wildman–Crippen LogP) is 3.21. The molecule has 0 saturated heterocycles. The van der Waals surface area contributed by atoms with Crippen molar-refractivity contribution in [3.8, 4) is 5.75 Å². The normalized spacial score (nSPS) is 16.9. The summed E-state index contributed by atoms with van der Waals surface area (Å²) in [5.41, 5.74) is 0.985. The summed E-state index contributed by atoms with van der Waals surface area (Å²) in [6, 6.07) is 7.82. The zero-order chi connectivity index (χ0) is 14.9.